The fourth-order valence-electron chi connectivity index (χ4n) is 3.32. The van der Waals surface area contributed by atoms with Gasteiger partial charge in [-0.3, -0.25) is 14.1 Å². The number of fused-ring (bicyclic) bond motifs is 1. The summed E-state index contributed by atoms with van der Waals surface area (Å²) in [5.41, 5.74) is 0.656. The molecular weight excluding hydrogens is 480 g/mol. The molecule has 0 saturated heterocycles. The van der Waals surface area contributed by atoms with Gasteiger partial charge in [-0.1, -0.05) is 36.4 Å². The van der Waals surface area contributed by atoms with E-state index in [2.05, 4.69) is 10.0 Å². The monoisotopic (exact) mass is 498 g/mol. The van der Waals surface area contributed by atoms with Crippen molar-refractivity contribution in [2.45, 2.75) is 9.79 Å². The summed E-state index contributed by atoms with van der Waals surface area (Å²) in [5, 5.41) is 14.0. The van der Waals surface area contributed by atoms with Gasteiger partial charge in [0, 0.05) is 16.3 Å². The van der Waals surface area contributed by atoms with E-state index in [1.165, 1.54) is 36.4 Å². The number of rotatable bonds is 6. The highest BCUT2D eigenvalue weighted by molar-refractivity contribution is 7.92. The molecule has 0 aromatic heterocycles. The second kappa shape index (κ2) is 8.78. The van der Waals surface area contributed by atoms with Gasteiger partial charge in [-0.15, -0.1) is 0 Å². The summed E-state index contributed by atoms with van der Waals surface area (Å²) in [5.74, 6) is -0.679. The van der Waals surface area contributed by atoms with Crippen LogP contribution in [0.3, 0.4) is 0 Å². The molecule has 11 heteroatoms. The number of hydrogen-bond acceptors (Lipinski definition) is 6. The maximum Gasteiger partial charge on any atom is 0.294 e. The Morgan fingerprint density at radius 2 is 1.38 bits per heavy atom. The zero-order chi connectivity index (χ0) is 24.5. The fourth-order valence-corrected chi connectivity index (χ4v) is 5.05. The Bertz CT molecular complexity index is 1620. The Balaban J connectivity index is 1.68. The van der Waals surface area contributed by atoms with E-state index in [9.17, 15) is 31.3 Å². The van der Waals surface area contributed by atoms with Gasteiger partial charge in [0.2, 0.25) is 0 Å². The molecule has 9 nitrogen and oxygen atoms in total. The van der Waals surface area contributed by atoms with Crippen LogP contribution >= 0.6 is 0 Å². The molecule has 0 heterocycles. The molecular formula is C23H18N2O7S2. The number of aromatic hydroxyl groups is 1. The zero-order valence-electron chi connectivity index (χ0n) is 17.3. The van der Waals surface area contributed by atoms with Crippen LogP contribution in [0.2, 0.25) is 0 Å². The van der Waals surface area contributed by atoms with Gasteiger partial charge in [-0.25, -0.2) is 8.42 Å². The van der Waals surface area contributed by atoms with E-state index >= 15 is 0 Å². The number of benzene rings is 4. The molecule has 0 bridgehead atoms. The first-order chi connectivity index (χ1) is 16.1. The van der Waals surface area contributed by atoms with Crippen molar-refractivity contribution in [2.75, 3.05) is 10.0 Å². The van der Waals surface area contributed by atoms with Crippen LogP contribution in [0.1, 0.15) is 10.4 Å². The third-order valence-electron chi connectivity index (χ3n) is 4.98. The molecule has 0 spiro atoms. The number of amides is 1. The molecule has 1 amide bonds. The molecule has 4 aromatic carbocycles. The molecule has 4 aromatic rings. The number of hydrogen-bond donors (Lipinski definition) is 4. The number of sulfonamides is 1. The highest BCUT2D eigenvalue weighted by Gasteiger charge is 2.20. The Morgan fingerprint density at radius 1 is 0.706 bits per heavy atom. The van der Waals surface area contributed by atoms with Crippen LogP contribution in [0, 0.1) is 0 Å². The smallest absolute Gasteiger partial charge is 0.294 e. The minimum Gasteiger partial charge on any atom is -0.505 e. The molecule has 4 rings (SSSR count). The van der Waals surface area contributed by atoms with Crippen LogP contribution in [-0.2, 0) is 20.1 Å². The second-order valence-corrected chi connectivity index (χ2v) is 10.3. The predicted octanol–water partition coefficient (Wildman–Crippen LogP) is 3.85. The van der Waals surface area contributed by atoms with E-state index in [0.717, 1.165) is 12.1 Å². The Labute approximate surface area is 195 Å². The molecule has 0 aliphatic rings. The largest absolute Gasteiger partial charge is 0.505 e. The van der Waals surface area contributed by atoms with Crippen molar-refractivity contribution in [2.24, 2.45) is 0 Å². The predicted molar refractivity (Wildman–Crippen MR) is 127 cm³/mol. The molecule has 0 atom stereocenters. The molecule has 34 heavy (non-hydrogen) atoms. The van der Waals surface area contributed by atoms with Gasteiger partial charge in [0.05, 0.1) is 21.2 Å². The van der Waals surface area contributed by atoms with Gasteiger partial charge in [-0.2, -0.15) is 8.42 Å². The van der Waals surface area contributed by atoms with E-state index < -0.39 is 30.9 Å². The van der Waals surface area contributed by atoms with Crippen LogP contribution in [0.15, 0.2) is 94.7 Å². The normalized spacial score (nSPS) is 11.8. The van der Waals surface area contributed by atoms with Crippen molar-refractivity contribution in [3.63, 3.8) is 0 Å². The topological polar surface area (TPSA) is 150 Å². The van der Waals surface area contributed by atoms with Crippen molar-refractivity contribution >= 4 is 48.2 Å². The van der Waals surface area contributed by atoms with E-state index in [1.807, 2.05) is 0 Å². The van der Waals surface area contributed by atoms with Crippen LogP contribution in [0.5, 0.6) is 5.75 Å². The molecule has 0 aliphatic heterocycles. The molecule has 0 saturated carbocycles. The van der Waals surface area contributed by atoms with Gasteiger partial charge in [0.15, 0.2) is 0 Å². The maximum absolute atomic E-state index is 12.9. The summed E-state index contributed by atoms with van der Waals surface area (Å²) in [6.07, 6.45) is 0. The summed E-state index contributed by atoms with van der Waals surface area (Å²) in [6.45, 7) is 0. The highest BCUT2D eigenvalue weighted by atomic mass is 32.2. The van der Waals surface area contributed by atoms with E-state index in [0.29, 0.717) is 10.9 Å². The fraction of sp³-hybridized carbons (Fsp3) is 0. The number of phenols is 1. The van der Waals surface area contributed by atoms with Gasteiger partial charge in [0.1, 0.15) is 5.75 Å². The average Bonchev–Trinajstić information content (AvgIpc) is 2.81. The Hall–Kier alpha value is -3.93. The number of carbonyl (C=O) groups excluding carboxylic acids is 1. The number of phenolic OH excluding ortho intramolecular Hbond substituents is 1. The van der Waals surface area contributed by atoms with Gasteiger partial charge >= 0.3 is 0 Å². The second-order valence-electron chi connectivity index (χ2n) is 7.24. The van der Waals surface area contributed by atoms with Crippen molar-refractivity contribution in [3.8, 4) is 5.75 Å². The van der Waals surface area contributed by atoms with Gasteiger partial charge in [0.25, 0.3) is 26.0 Å². The summed E-state index contributed by atoms with van der Waals surface area (Å²) in [4.78, 5) is 11.5. The Morgan fingerprint density at radius 3 is 2.09 bits per heavy atom. The summed E-state index contributed by atoms with van der Waals surface area (Å²) in [7, 11) is -8.84. The minimum atomic E-state index is -4.59. The minimum absolute atomic E-state index is 0.117. The van der Waals surface area contributed by atoms with Crippen LogP contribution in [0.25, 0.3) is 10.8 Å². The standard InChI is InChI=1S/C23H18N2O7S2/c26-22-19-10-5-11-20(25-33(28,29)16-8-4-9-17(14-16)34(30,31)32)18(19)12-13-21(22)24-23(27)15-6-2-1-3-7-15/h1-14,25-26H,(H,24,27)(H,30,31,32). The molecule has 0 unspecified atom stereocenters. The first kappa shape index (κ1) is 23.2. The summed E-state index contributed by atoms with van der Waals surface area (Å²) < 4.78 is 60.0. The average molecular weight is 499 g/mol. The molecule has 174 valence electrons. The summed E-state index contributed by atoms with van der Waals surface area (Å²) >= 11 is 0. The third kappa shape index (κ3) is 4.71. The zero-order valence-corrected chi connectivity index (χ0v) is 19.0. The lowest BCUT2D eigenvalue weighted by atomic mass is 10.1. The van der Waals surface area contributed by atoms with E-state index in [1.54, 1.807) is 36.4 Å². The highest BCUT2D eigenvalue weighted by Crippen LogP contribution is 2.37. The lowest BCUT2D eigenvalue weighted by Crippen LogP contribution is -2.14. The molecule has 0 radical (unpaired) electrons. The van der Waals surface area contributed by atoms with Crippen molar-refractivity contribution < 1.29 is 31.3 Å². The lowest BCUT2D eigenvalue weighted by Gasteiger charge is -2.14. The third-order valence-corrected chi connectivity index (χ3v) is 7.19. The maximum atomic E-state index is 12.9. The first-order valence-corrected chi connectivity index (χ1v) is 12.7. The molecule has 4 N–H and O–H groups in total. The lowest BCUT2D eigenvalue weighted by molar-refractivity contribution is 0.102. The van der Waals surface area contributed by atoms with Crippen LogP contribution in [0.4, 0.5) is 11.4 Å². The first-order valence-electron chi connectivity index (χ1n) is 9.78. The van der Waals surface area contributed by atoms with E-state index in [4.69, 9.17) is 0 Å². The number of anilines is 2. The van der Waals surface area contributed by atoms with Crippen molar-refractivity contribution in [1.82, 2.24) is 0 Å². The van der Waals surface area contributed by atoms with E-state index in [-0.39, 0.29) is 27.4 Å². The van der Waals surface area contributed by atoms with Crippen molar-refractivity contribution in [1.29, 1.82) is 0 Å². The van der Waals surface area contributed by atoms with Crippen LogP contribution in [-0.4, -0.2) is 32.4 Å². The van der Waals surface area contributed by atoms with Crippen LogP contribution < -0.4 is 10.0 Å². The Kier molecular flexibility index (Phi) is 6.00. The quantitative estimate of drug-likeness (QED) is 0.233. The molecule has 0 aliphatic carbocycles. The number of nitrogens with one attached hydrogen (secondary N) is 2. The van der Waals surface area contributed by atoms with Crippen molar-refractivity contribution in [3.05, 3.63) is 90.5 Å². The summed E-state index contributed by atoms with van der Waals surface area (Å²) in [6, 6.07) is 20.2. The number of carbonyl (C=O) groups is 1. The molecule has 0 fully saturated rings. The SMILES string of the molecule is O=C(Nc1ccc2c(NS(=O)(=O)c3cccc(S(=O)(=O)O)c3)cccc2c1O)c1ccccc1. The van der Waals surface area contributed by atoms with Gasteiger partial charge < -0.3 is 10.4 Å². The van der Waals surface area contributed by atoms with Gasteiger partial charge in [-0.05, 0) is 48.5 Å².